The third-order valence-electron chi connectivity index (χ3n) is 5.87. The molecule has 0 saturated heterocycles. The Hall–Kier alpha value is -3.35. The van der Waals surface area contributed by atoms with Crippen molar-refractivity contribution in [2.24, 2.45) is 0 Å². The fourth-order valence-corrected chi connectivity index (χ4v) is 5.25. The molecular formula is C27H23ClN2O3S. The quantitative estimate of drug-likeness (QED) is 0.321. The lowest BCUT2D eigenvalue weighted by molar-refractivity contribution is 0.284. The van der Waals surface area contributed by atoms with Crippen LogP contribution in [-0.4, -0.2) is 16.5 Å². The second-order valence-corrected chi connectivity index (χ2v) is 9.80. The van der Waals surface area contributed by atoms with Crippen LogP contribution < -0.4 is 19.6 Å². The van der Waals surface area contributed by atoms with Crippen LogP contribution in [0.15, 0.2) is 53.3 Å². The summed E-state index contributed by atoms with van der Waals surface area (Å²) < 4.78 is 13.8. The van der Waals surface area contributed by atoms with E-state index in [1.54, 1.807) is 17.6 Å². The average Bonchev–Trinajstić information content (AvgIpc) is 3.28. The number of aromatic nitrogens is 2. The minimum Gasteiger partial charge on any atom is -0.493 e. The largest absolute Gasteiger partial charge is 0.493 e. The number of benzene rings is 3. The summed E-state index contributed by atoms with van der Waals surface area (Å²) in [6.07, 6.45) is 1.81. The van der Waals surface area contributed by atoms with Gasteiger partial charge < -0.3 is 9.47 Å². The first-order chi connectivity index (χ1) is 16.3. The molecule has 0 radical (unpaired) electrons. The van der Waals surface area contributed by atoms with Gasteiger partial charge in [-0.1, -0.05) is 52.8 Å². The Morgan fingerprint density at radius 1 is 1.09 bits per heavy atom. The summed E-state index contributed by atoms with van der Waals surface area (Å²) in [7, 11) is 1.57. The molecule has 3 aromatic carbocycles. The van der Waals surface area contributed by atoms with E-state index < -0.39 is 0 Å². The predicted octanol–water partition coefficient (Wildman–Crippen LogP) is 5.62. The normalized spacial score (nSPS) is 12.1. The molecule has 5 rings (SSSR count). The van der Waals surface area contributed by atoms with E-state index >= 15 is 0 Å². The smallest absolute Gasteiger partial charge is 0.274 e. The number of methoxy groups -OCH3 is 1. The number of fused-ring (bicyclic) bond motifs is 3. The minimum atomic E-state index is -0.0967. The lowest BCUT2D eigenvalue weighted by atomic mass is 10.1. The molecule has 0 saturated carbocycles. The van der Waals surface area contributed by atoms with Crippen molar-refractivity contribution in [2.75, 3.05) is 7.11 Å². The van der Waals surface area contributed by atoms with E-state index in [0.29, 0.717) is 32.6 Å². The minimum absolute atomic E-state index is 0.0967. The summed E-state index contributed by atoms with van der Waals surface area (Å²) in [5.41, 5.74) is 6.81. The van der Waals surface area contributed by atoms with Crippen LogP contribution in [0.2, 0.25) is 5.02 Å². The third-order valence-corrected chi connectivity index (χ3v) is 7.12. The highest BCUT2D eigenvalue weighted by atomic mass is 35.5. The second-order valence-electron chi connectivity index (χ2n) is 8.38. The number of thiazole rings is 1. The number of halogens is 1. The molecule has 0 N–H and O–H groups in total. The van der Waals surface area contributed by atoms with E-state index in [4.69, 9.17) is 21.1 Å². The van der Waals surface area contributed by atoms with Crippen LogP contribution in [0.25, 0.3) is 22.1 Å². The molecule has 0 amide bonds. The summed E-state index contributed by atoms with van der Waals surface area (Å²) in [6.45, 7) is 6.50. The number of imidazole rings is 1. The van der Waals surface area contributed by atoms with Crippen LogP contribution in [0.4, 0.5) is 0 Å². The zero-order valence-electron chi connectivity index (χ0n) is 19.3. The summed E-state index contributed by atoms with van der Waals surface area (Å²) in [4.78, 5) is 18.5. The molecule has 7 heteroatoms. The first-order valence-corrected chi connectivity index (χ1v) is 12.0. The number of nitrogens with zero attached hydrogens (tertiary/aromatic N) is 2. The number of rotatable bonds is 5. The van der Waals surface area contributed by atoms with E-state index in [9.17, 15) is 4.79 Å². The van der Waals surface area contributed by atoms with Gasteiger partial charge in [-0.25, -0.2) is 9.38 Å². The van der Waals surface area contributed by atoms with E-state index in [-0.39, 0.29) is 5.56 Å². The van der Waals surface area contributed by atoms with Crippen LogP contribution in [0.5, 0.6) is 11.5 Å². The standard InChI is InChI=1S/C27H23ClN2O3S/c1-15-6-5-7-18(8-15)14-33-25-20(28)11-19(12-23(25)32-4)13-24-26(31)30-22-10-17(3)16(2)9-21(22)29-27(30)34-24/h5-13H,14H2,1-4H3/b24-13-. The van der Waals surface area contributed by atoms with Gasteiger partial charge in [0, 0.05) is 0 Å². The van der Waals surface area contributed by atoms with E-state index in [1.807, 2.05) is 63.2 Å². The van der Waals surface area contributed by atoms with Crippen molar-refractivity contribution in [1.82, 2.24) is 9.38 Å². The molecule has 5 nitrogen and oxygen atoms in total. The van der Waals surface area contributed by atoms with Gasteiger partial charge in [-0.3, -0.25) is 4.79 Å². The molecule has 5 aromatic rings. The number of aryl methyl sites for hydroxylation is 3. The monoisotopic (exact) mass is 490 g/mol. The zero-order chi connectivity index (χ0) is 24.0. The molecule has 0 spiro atoms. The van der Waals surface area contributed by atoms with Crippen molar-refractivity contribution < 1.29 is 9.47 Å². The molecule has 0 bridgehead atoms. The van der Waals surface area contributed by atoms with Crippen molar-refractivity contribution >= 4 is 45.0 Å². The van der Waals surface area contributed by atoms with Crippen LogP contribution >= 0.6 is 22.9 Å². The van der Waals surface area contributed by atoms with Gasteiger partial charge in [0.05, 0.1) is 27.7 Å². The second kappa shape index (κ2) is 8.78. The third kappa shape index (κ3) is 4.04. The fourth-order valence-electron chi connectivity index (χ4n) is 3.99. The Kier molecular flexibility index (Phi) is 5.80. The highest BCUT2D eigenvalue weighted by molar-refractivity contribution is 7.15. The molecule has 0 unspecified atom stereocenters. The predicted molar refractivity (Wildman–Crippen MR) is 139 cm³/mol. The van der Waals surface area contributed by atoms with Gasteiger partial charge in [0.2, 0.25) is 0 Å². The van der Waals surface area contributed by atoms with Gasteiger partial charge in [-0.2, -0.15) is 0 Å². The summed E-state index contributed by atoms with van der Waals surface area (Å²) in [6, 6.07) is 15.8. The maximum absolute atomic E-state index is 13.2. The first-order valence-electron chi connectivity index (χ1n) is 10.8. The van der Waals surface area contributed by atoms with Crippen molar-refractivity contribution in [2.45, 2.75) is 27.4 Å². The van der Waals surface area contributed by atoms with Crippen molar-refractivity contribution in [3.8, 4) is 11.5 Å². The highest BCUT2D eigenvalue weighted by Crippen LogP contribution is 2.37. The Labute approximate surface area is 205 Å². The molecular weight excluding hydrogens is 468 g/mol. The maximum Gasteiger partial charge on any atom is 0.274 e. The lowest BCUT2D eigenvalue weighted by Gasteiger charge is -2.13. The molecule has 2 heterocycles. The van der Waals surface area contributed by atoms with E-state index in [1.165, 1.54) is 11.3 Å². The fraction of sp³-hybridized carbons (Fsp3) is 0.185. The molecule has 0 aliphatic rings. The van der Waals surface area contributed by atoms with Crippen molar-refractivity contribution in [3.05, 3.63) is 96.3 Å². The molecule has 0 aliphatic heterocycles. The average molecular weight is 491 g/mol. The molecule has 0 aliphatic carbocycles. The topological polar surface area (TPSA) is 52.8 Å². The lowest BCUT2D eigenvalue weighted by Crippen LogP contribution is -2.22. The number of hydrogen-bond acceptors (Lipinski definition) is 5. The SMILES string of the molecule is COc1cc(/C=c2\sc3nc4cc(C)c(C)cc4n3c2=O)cc(Cl)c1OCc1cccc(C)c1. The van der Waals surface area contributed by atoms with Crippen LogP contribution in [0, 0.1) is 20.8 Å². The Balaban J connectivity index is 1.53. The van der Waals surface area contributed by atoms with Gasteiger partial charge >= 0.3 is 0 Å². The molecule has 0 fully saturated rings. The van der Waals surface area contributed by atoms with Crippen LogP contribution in [0.1, 0.15) is 27.8 Å². The maximum atomic E-state index is 13.2. The summed E-state index contributed by atoms with van der Waals surface area (Å²) in [5, 5.41) is 0.420. The van der Waals surface area contributed by atoms with Crippen molar-refractivity contribution in [1.29, 1.82) is 0 Å². The van der Waals surface area contributed by atoms with Gasteiger partial charge in [0.15, 0.2) is 16.5 Å². The number of hydrogen-bond donors (Lipinski definition) is 0. The Morgan fingerprint density at radius 3 is 2.65 bits per heavy atom. The molecule has 2 aromatic heterocycles. The van der Waals surface area contributed by atoms with E-state index in [0.717, 1.165) is 38.9 Å². The Bertz CT molecular complexity index is 1670. The summed E-state index contributed by atoms with van der Waals surface area (Å²) in [5.74, 6) is 0.986. The Morgan fingerprint density at radius 2 is 1.88 bits per heavy atom. The number of ether oxygens (including phenoxy) is 2. The van der Waals surface area contributed by atoms with Gasteiger partial charge in [0.1, 0.15) is 6.61 Å². The van der Waals surface area contributed by atoms with Crippen LogP contribution in [-0.2, 0) is 6.61 Å². The highest BCUT2D eigenvalue weighted by Gasteiger charge is 2.15. The molecule has 172 valence electrons. The zero-order valence-corrected chi connectivity index (χ0v) is 20.9. The molecule has 0 atom stereocenters. The van der Waals surface area contributed by atoms with Crippen molar-refractivity contribution in [3.63, 3.8) is 0 Å². The summed E-state index contributed by atoms with van der Waals surface area (Å²) >= 11 is 7.92. The van der Waals surface area contributed by atoms with Gasteiger partial charge in [-0.05, 0) is 73.4 Å². The molecule has 34 heavy (non-hydrogen) atoms. The van der Waals surface area contributed by atoms with E-state index in [2.05, 4.69) is 11.1 Å². The van der Waals surface area contributed by atoms with Crippen LogP contribution in [0.3, 0.4) is 0 Å². The van der Waals surface area contributed by atoms with Gasteiger partial charge in [0.25, 0.3) is 5.56 Å². The first kappa shape index (κ1) is 22.4. The van der Waals surface area contributed by atoms with Gasteiger partial charge in [-0.15, -0.1) is 0 Å².